The minimum absolute atomic E-state index is 0.175. The molecule has 0 aromatic rings. The van der Waals surface area contributed by atoms with Gasteiger partial charge in [0.05, 0.1) is 0 Å². The Hall–Kier alpha value is -1.06. The molecule has 4 nitrogen and oxygen atoms in total. The molecular formula is C14H23NO3. The standard InChI is InChI=1S/C14H23NO3/c1-13(2,3)18-12(17)15-10-5-6-11(15)8-14(4,7-10)9-16/h9-11H,5-8H2,1-4H3. The average Bonchev–Trinajstić information content (AvgIpc) is 2.50. The van der Waals surface area contributed by atoms with E-state index < -0.39 is 5.60 Å². The van der Waals surface area contributed by atoms with Gasteiger partial charge in [-0.05, 0) is 46.5 Å². The van der Waals surface area contributed by atoms with Gasteiger partial charge in [-0.3, -0.25) is 0 Å². The molecule has 0 N–H and O–H groups in total. The van der Waals surface area contributed by atoms with E-state index in [0.717, 1.165) is 32.0 Å². The highest BCUT2D eigenvalue weighted by Gasteiger charge is 2.49. The van der Waals surface area contributed by atoms with Crippen molar-refractivity contribution in [3.05, 3.63) is 0 Å². The second kappa shape index (κ2) is 4.25. The number of aldehydes is 1. The molecule has 2 fully saturated rings. The topological polar surface area (TPSA) is 46.6 Å². The SMILES string of the molecule is CC1(C=O)CC2CCC(C1)N2C(=O)OC(C)(C)C. The first-order valence-electron chi connectivity index (χ1n) is 6.72. The Morgan fingerprint density at radius 3 is 2.17 bits per heavy atom. The van der Waals surface area contributed by atoms with Crippen molar-refractivity contribution in [2.24, 2.45) is 5.41 Å². The van der Waals surface area contributed by atoms with Crippen molar-refractivity contribution in [3.63, 3.8) is 0 Å². The summed E-state index contributed by atoms with van der Waals surface area (Å²) in [6.07, 6.45) is 4.37. The quantitative estimate of drug-likeness (QED) is 0.675. The molecule has 0 radical (unpaired) electrons. The lowest BCUT2D eigenvalue weighted by atomic mass is 9.78. The Kier molecular flexibility index (Phi) is 3.16. The van der Waals surface area contributed by atoms with Crippen molar-refractivity contribution in [2.45, 2.75) is 71.1 Å². The monoisotopic (exact) mass is 253 g/mol. The molecule has 0 saturated carbocycles. The number of hydrogen-bond donors (Lipinski definition) is 0. The summed E-state index contributed by atoms with van der Waals surface area (Å²) in [7, 11) is 0. The summed E-state index contributed by atoms with van der Waals surface area (Å²) in [4.78, 5) is 25.2. The van der Waals surface area contributed by atoms with Crippen LogP contribution in [0.2, 0.25) is 0 Å². The summed E-state index contributed by atoms with van der Waals surface area (Å²) < 4.78 is 5.46. The maximum Gasteiger partial charge on any atom is 0.410 e. The molecule has 2 unspecified atom stereocenters. The highest BCUT2D eigenvalue weighted by Crippen LogP contribution is 2.44. The first-order valence-corrected chi connectivity index (χ1v) is 6.72. The van der Waals surface area contributed by atoms with E-state index in [1.54, 1.807) is 0 Å². The number of piperidine rings is 1. The summed E-state index contributed by atoms with van der Waals surface area (Å²) in [5.41, 5.74) is -0.716. The molecule has 18 heavy (non-hydrogen) atoms. The largest absolute Gasteiger partial charge is 0.444 e. The van der Waals surface area contributed by atoms with Crippen LogP contribution in [0.15, 0.2) is 0 Å². The molecule has 2 atom stereocenters. The number of carbonyl (C=O) groups is 2. The summed E-state index contributed by atoms with van der Waals surface area (Å²) in [6, 6.07) is 0.350. The highest BCUT2D eigenvalue weighted by molar-refractivity contribution is 5.70. The predicted octanol–water partition coefficient (Wildman–Crippen LogP) is 2.75. The van der Waals surface area contributed by atoms with Gasteiger partial charge in [0.1, 0.15) is 11.9 Å². The fraction of sp³-hybridized carbons (Fsp3) is 0.857. The van der Waals surface area contributed by atoms with Gasteiger partial charge in [0.25, 0.3) is 0 Å². The molecular weight excluding hydrogens is 230 g/mol. The first kappa shape index (κ1) is 13.4. The van der Waals surface area contributed by atoms with Crippen LogP contribution in [0.3, 0.4) is 0 Å². The third-order valence-electron chi connectivity index (χ3n) is 3.91. The normalized spacial score (nSPS) is 35.4. The fourth-order valence-electron chi connectivity index (χ4n) is 3.23. The molecule has 2 aliphatic heterocycles. The summed E-state index contributed by atoms with van der Waals surface area (Å²) in [5.74, 6) is 0. The molecule has 2 aliphatic rings. The number of hydrogen-bond acceptors (Lipinski definition) is 3. The van der Waals surface area contributed by atoms with Crippen molar-refractivity contribution in [1.29, 1.82) is 0 Å². The molecule has 2 bridgehead atoms. The number of fused-ring (bicyclic) bond motifs is 2. The lowest BCUT2D eigenvalue weighted by Gasteiger charge is -2.42. The van der Waals surface area contributed by atoms with E-state index >= 15 is 0 Å². The van der Waals surface area contributed by atoms with Gasteiger partial charge in [0.2, 0.25) is 0 Å². The van der Waals surface area contributed by atoms with Crippen molar-refractivity contribution in [3.8, 4) is 0 Å². The predicted molar refractivity (Wildman–Crippen MR) is 68.3 cm³/mol. The van der Waals surface area contributed by atoms with Crippen molar-refractivity contribution in [2.75, 3.05) is 0 Å². The maximum absolute atomic E-state index is 12.2. The van der Waals surface area contributed by atoms with Crippen LogP contribution >= 0.6 is 0 Å². The van der Waals surface area contributed by atoms with Gasteiger partial charge in [0, 0.05) is 17.5 Å². The Labute approximate surface area is 109 Å². The van der Waals surface area contributed by atoms with Crippen LogP contribution in [0.25, 0.3) is 0 Å². The van der Waals surface area contributed by atoms with E-state index in [4.69, 9.17) is 4.74 Å². The number of carbonyl (C=O) groups excluding carboxylic acids is 2. The summed E-state index contributed by atoms with van der Waals surface area (Å²) >= 11 is 0. The van der Waals surface area contributed by atoms with E-state index in [1.807, 2.05) is 32.6 Å². The van der Waals surface area contributed by atoms with Gasteiger partial charge in [0.15, 0.2) is 0 Å². The Morgan fingerprint density at radius 1 is 1.28 bits per heavy atom. The van der Waals surface area contributed by atoms with Crippen LogP contribution in [0, 0.1) is 5.41 Å². The molecule has 4 heteroatoms. The van der Waals surface area contributed by atoms with Crippen LogP contribution in [0.1, 0.15) is 53.4 Å². The van der Waals surface area contributed by atoms with Gasteiger partial charge in [-0.2, -0.15) is 0 Å². The minimum Gasteiger partial charge on any atom is -0.444 e. The van der Waals surface area contributed by atoms with E-state index in [-0.39, 0.29) is 23.6 Å². The second-order valence-corrected chi connectivity index (χ2v) is 6.95. The van der Waals surface area contributed by atoms with Crippen LogP contribution in [-0.2, 0) is 9.53 Å². The molecule has 102 valence electrons. The van der Waals surface area contributed by atoms with Crippen LogP contribution in [-0.4, -0.2) is 35.0 Å². The Balaban J connectivity index is 2.09. The number of nitrogens with zero attached hydrogens (tertiary/aromatic N) is 1. The Morgan fingerprint density at radius 2 is 1.78 bits per heavy atom. The van der Waals surface area contributed by atoms with E-state index in [1.165, 1.54) is 0 Å². The molecule has 2 rings (SSSR count). The number of rotatable bonds is 1. The zero-order valence-corrected chi connectivity index (χ0v) is 11.7. The molecule has 1 amide bonds. The molecule has 0 aliphatic carbocycles. The van der Waals surface area contributed by atoms with Gasteiger partial charge in [-0.25, -0.2) is 4.79 Å². The lowest BCUT2D eigenvalue weighted by Crippen LogP contribution is -2.51. The average molecular weight is 253 g/mol. The summed E-state index contributed by atoms with van der Waals surface area (Å²) in [5, 5.41) is 0. The van der Waals surface area contributed by atoms with Gasteiger partial charge in [-0.1, -0.05) is 6.92 Å². The van der Waals surface area contributed by atoms with Gasteiger partial charge >= 0.3 is 6.09 Å². The molecule has 0 spiro atoms. The molecule has 0 aromatic heterocycles. The number of amides is 1. The van der Waals surface area contributed by atoms with E-state index in [2.05, 4.69) is 0 Å². The van der Waals surface area contributed by atoms with E-state index in [9.17, 15) is 9.59 Å². The van der Waals surface area contributed by atoms with Crippen LogP contribution in [0.4, 0.5) is 4.79 Å². The highest BCUT2D eigenvalue weighted by atomic mass is 16.6. The molecule has 2 saturated heterocycles. The first-order chi connectivity index (χ1) is 8.24. The second-order valence-electron chi connectivity index (χ2n) is 6.95. The molecule has 2 heterocycles. The Bertz CT molecular complexity index is 345. The van der Waals surface area contributed by atoms with Crippen LogP contribution < -0.4 is 0 Å². The maximum atomic E-state index is 12.2. The van der Waals surface area contributed by atoms with Crippen LogP contribution in [0.5, 0.6) is 0 Å². The van der Waals surface area contributed by atoms with Crippen molar-refractivity contribution < 1.29 is 14.3 Å². The van der Waals surface area contributed by atoms with Gasteiger partial charge < -0.3 is 14.4 Å². The minimum atomic E-state index is -0.456. The number of ether oxygens (including phenoxy) is 1. The summed E-state index contributed by atoms with van der Waals surface area (Å²) in [6.45, 7) is 7.64. The lowest BCUT2D eigenvalue weighted by molar-refractivity contribution is -0.119. The molecule has 0 aromatic carbocycles. The third-order valence-corrected chi connectivity index (χ3v) is 3.91. The van der Waals surface area contributed by atoms with Crippen molar-refractivity contribution in [1.82, 2.24) is 4.90 Å². The van der Waals surface area contributed by atoms with E-state index in [0.29, 0.717) is 0 Å². The van der Waals surface area contributed by atoms with Crippen molar-refractivity contribution >= 4 is 12.4 Å². The smallest absolute Gasteiger partial charge is 0.410 e. The zero-order chi connectivity index (χ0) is 13.6. The fourth-order valence-corrected chi connectivity index (χ4v) is 3.23. The zero-order valence-electron chi connectivity index (χ0n) is 11.7. The van der Waals surface area contributed by atoms with Gasteiger partial charge in [-0.15, -0.1) is 0 Å². The third kappa shape index (κ3) is 2.52.